The number of nitrogens with one attached hydrogen (secondary N) is 1. The molecule has 4 heteroatoms. The SMILES string of the molecule is Cc1ccc(C=CC(=O)Nc2cccc(CN3CCN(C)CC3)c2)c(C)c1. The van der Waals surface area contributed by atoms with Gasteiger partial charge >= 0.3 is 0 Å². The van der Waals surface area contributed by atoms with Gasteiger partial charge in [0, 0.05) is 44.5 Å². The van der Waals surface area contributed by atoms with Gasteiger partial charge in [-0.1, -0.05) is 35.9 Å². The fourth-order valence-electron chi connectivity index (χ4n) is 3.37. The molecule has 0 radical (unpaired) electrons. The van der Waals surface area contributed by atoms with Crippen LogP contribution < -0.4 is 5.32 Å². The molecule has 0 unspecified atom stereocenters. The average molecular weight is 364 g/mol. The first-order valence-electron chi connectivity index (χ1n) is 9.56. The van der Waals surface area contributed by atoms with Crippen molar-refractivity contribution >= 4 is 17.7 Å². The number of nitrogens with zero attached hydrogens (tertiary/aromatic N) is 2. The summed E-state index contributed by atoms with van der Waals surface area (Å²) in [6.07, 6.45) is 3.48. The van der Waals surface area contributed by atoms with Crippen molar-refractivity contribution in [2.75, 3.05) is 38.5 Å². The Morgan fingerprint density at radius 2 is 1.85 bits per heavy atom. The third-order valence-electron chi connectivity index (χ3n) is 5.04. The summed E-state index contributed by atoms with van der Waals surface area (Å²) >= 11 is 0. The lowest BCUT2D eigenvalue weighted by molar-refractivity contribution is -0.111. The van der Waals surface area contributed by atoms with Crippen molar-refractivity contribution in [1.82, 2.24) is 9.80 Å². The summed E-state index contributed by atoms with van der Waals surface area (Å²) in [5.41, 5.74) is 5.55. The second-order valence-corrected chi connectivity index (χ2v) is 7.46. The fourth-order valence-corrected chi connectivity index (χ4v) is 3.37. The van der Waals surface area contributed by atoms with E-state index in [2.05, 4.69) is 60.3 Å². The van der Waals surface area contributed by atoms with Gasteiger partial charge in [-0.3, -0.25) is 9.69 Å². The van der Waals surface area contributed by atoms with Crippen LogP contribution in [0.15, 0.2) is 48.5 Å². The van der Waals surface area contributed by atoms with Crippen LogP contribution in [0.25, 0.3) is 6.08 Å². The van der Waals surface area contributed by atoms with E-state index in [0.29, 0.717) is 0 Å². The van der Waals surface area contributed by atoms with Crippen LogP contribution in [0.1, 0.15) is 22.3 Å². The van der Waals surface area contributed by atoms with Gasteiger partial charge in [-0.2, -0.15) is 0 Å². The van der Waals surface area contributed by atoms with Crippen LogP contribution in [0.4, 0.5) is 5.69 Å². The molecule has 142 valence electrons. The van der Waals surface area contributed by atoms with Gasteiger partial charge in [0.25, 0.3) is 0 Å². The molecule has 1 heterocycles. The second kappa shape index (κ2) is 8.98. The predicted octanol–water partition coefficient (Wildman–Crippen LogP) is 3.70. The van der Waals surface area contributed by atoms with E-state index in [1.807, 2.05) is 24.3 Å². The Morgan fingerprint density at radius 1 is 1.07 bits per heavy atom. The van der Waals surface area contributed by atoms with E-state index in [1.165, 1.54) is 16.7 Å². The Kier molecular flexibility index (Phi) is 6.43. The van der Waals surface area contributed by atoms with Gasteiger partial charge in [0.1, 0.15) is 0 Å². The zero-order valence-corrected chi connectivity index (χ0v) is 16.5. The first-order chi connectivity index (χ1) is 13.0. The van der Waals surface area contributed by atoms with E-state index in [0.717, 1.165) is 44.0 Å². The molecule has 0 bridgehead atoms. The maximum Gasteiger partial charge on any atom is 0.248 e. The smallest absolute Gasteiger partial charge is 0.248 e. The molecule has 1 N–H and O–H groups in total. The van der Waals surface area contributed by atoms with E-state index in [4.69, 9.17) is 0 Å². The minimum atomic E-state index is -0.105. The normalized spacial score (nSPS) is 16.0. The third kappa shape index (κ3) is 5.78. The molecule has 0 spiro atoms. The van der Waals surface area contributed by atoms with Crippen LogP contribution in [0.3, 0.4) is 0 Å². The number of anilines is 1. The summed E-state index contributed by atoms with van der Waals surface area (Å²) in [4.78, 5) is 17.1. The summed E-state index contributed by atoms with van der Waals surface area (Å²) in [6.45, 7) is 9.46. The number of carbonyl (C=O) groups excluding carboxylic acids is 1. The van der Waals surface area contributed by atoms with Gasteiger partial charge < -0.3 is 10.2 Å². The number of likely N-dealkylation sites (N-methyl/N-ethyl adjacent to an activating group) is 1. The average Bonchev–Trinajstić information content (AvgIpc) is 2.63. The molecule has 0 aliphatic carbocycles. The lowest BCUT2D eigenvalue weighted by atomic mass is 10.1. The van der Waals surface area contributed by atoms with Gasteiger partial charge in [-0.15, -0.1) is 0 Å². The summed E-state index contributed by atoms with van der Waals surface area (Å²) < 4.78 is 0. The Hall–Kier alpha value is -2.43. The Balaban J connectivity index is 1.58. The second-order valence-electron chi connectivity index (χ2n) is 7.46. The zero-order chi connectivity index (χ0) is 19.2. The molecular weight excluding hydrogens is 334 g/mol. The van der Waals surface area contributed by atoms with Crippen LogP contribution in [-0.4, -0.2) is 48.9 Å². The number of aryl methyl sites for hydroxylation is 2. The monoisotopic (exact) mass is 363 g/mol. The van der Waals surface area contributed by atoms with Crippen LogP contribution in [-0.2, 0) is 11.3 Å². The van der Waals surface area contributed by atoms with Crippen molar-refractivity contribution in [3.8, 4) is 0 Å². The predicted molar refractivity (Wildman–Crippen MR) is 113 cm³/mol. The molecule has 1 aliphatic heterocycles. The lowest BCUT2D eigenvalue weighted by Crippen LogP contribution is -2.43. The highest BCUT2D eigenvalue weighted by Gasteiger charge is 2.13. The summed E-state index contributed by atoms with van der Waals surface area (Å²) in [6, 6.07) is 14.4. The highest BCUT2D eigenvalue weighted by molar-refractivity contribution is 6.02. The fraction of sp³-hybridized carbons (Fsp3) is 0.348. The molecule has 3 rings (SSSR count). The standard InChI is InChI=1S/C23H29N3O/c1-18-7-8-21(19(2)15-18)9-10-23(27)24-22-6-4-5-20(16-22)17-26-13-11-25(3)12-14-26/h4-10,15-16H,11-14,17H2,1-3H3,(H,24,27). The number of amides is 1. The van der Waals surface area contributed by atoms with E-state index >= 15 is 0 Å². The Morgan fingerprint density at radius 3 is 2.59 bits per heavy atom. The van der Waals surface area contributed by atoms with Crippen LogP contribution >= 0.6 is 0 Å². The first-order valence-corrected chi connectivity index (χ1v) is 9.56. The molecular formula is C23H29N3O. The van der Waals surface area contributed by atoms with Gasteiger partial charge in [0.05, 0.1) is 0 Å². The van der Waals surface area contributed by atoms with Crippen molar-refractivity contribution in [2.45, 2.75) is 20.4 Å². The summed E-state index contributed by atoms with van der Waals surface area (Å²) in [5, 5.41) is 2.98. The van der Waals surface area contributed by atoms with E-state index in [-0.39, 0.29) is 5.91 Å². The zero-order valence-electron chi connectivity index (χ0n) is 16.5. The first kappa shape index (κ1) is 19.3. The van der Waals surface area contributed by atoms with E-state index in [1.54, 1.807) is 6.08 Å². The van der Waals surface area contributed by atoms with Crippen LogP contribution in [0.2, 0.25) is 0 Å². The van der Waals surface area contributed by atoms with Gasteiger partial charge in [-0.05, 0) is 55.8 Å². The molecule has 4 nitrogen and oxygen atoms in total. The molecule has 27 heavy (non-hydrogen) atoms. The van der Waals surface area contributed by atoms with E-state index < -0.39 is 0 Å². The van der Waals surface area contributed by atoms with Crippen LogP contribution in [0.5, 0.6) is 0 Å². The quantitative estimate of drug-likeness (QED) is 0.823. The lowest BCUT2D eigenvalue weighted by Gasteiger charge is -2.32. The van der Waals surface area contributed by atoms with Gasteiger partial charge in [-0.25, -0.2) is 0 Å². The topological polar surface area (TPSA) is 35.6 Å². The van der Waals surface area contributed by atoms with Crippen LogP contribution in [0, 0.1) is 13.8 Å². The maximum absolute atomic E-state index is 12.3. The van der Waals surface area contributed by atoms with Gasteiger partial charge in [0.15, 0.2) is 0 Å². The molecule has 0 saturated carbocycles. The summed E-state index contributed by atoms with van der Waals surface area (Å²) in [5.74, 6) is -0.105. The Labute approximate surface area is 162 Å². The largest absolute Gasteiger partial charge is 0.323 e. The molecule has 2 aromatic rings. The molecule has 0 aromatic heterocycles. The van der Waals surface area contributed by atoms with Crippen molar-refractivity contribution in [3.05, 3.63) is 70.8 Å². The number of hydrogen-bond acceptors (Lipinski definition) is 3. The summed E-state index contributed by atoms with van der Waals surface area (Å²) in [7, 11) is 2.17. The molecule has 0 atom stereocenters. The third-order valence-corrected chi connectivity index (χ3v) is 5.04. The molecule has 1 aliphatic rings. The molecule has 1 fully saturated rings. The van der Waals surface area contributed by atoms with Crippen molar-refractivity contribution in [1.29, 1.82) is 0 Å². The molecule has 2 aromatic carbocycles. The minimum Gasteiger partial charge on any atom is -0.323 e. The molecule has 1 saturated heterocycles. The highest BCUT2D eigenvalue weighted by Crippen LogP contribution is 2.15. The van der Waals surface area contributed by atoms with Gasteiger partial charge in [0.2, 0.25) is 5.91 Å². The van der Waals surface area contributed by atoms with Crippen molar-refractivity contribution < 1.29 is 4.79 Å². The highest BCUT2D eigenvalue weighted by atomic mass is 16.1. The Bertz CT molecular complexity index is 820. The number of carbonyl (C=O) groups is 1. The van der Waals surface area contributed by atoms with Crippen molar-refractivity contribution in [2.24, 2.45) is 0 Å². The number of hydrogen-bond donors (Lipinski definition) is 1. The number of rotatable bonds is 5. The maximum atomic E-state index is 12.3. The number of piperazine rings is 1. The van der Waals surface area contributed by atoms with E-state index in [9.17, 15) is 4.79 Å². The van der Waals surface area contributed by atoms with Crippen molar-refractivity contribution in [3.63, 3.8) is 0 Å². The molecule has 1 amide bonds. The number of benzene rings is 2. The minimum absolute atomic E-state index is 0.105.